The first-order valence-corrected chi connectivity index (χ1v) is 8.88. The van der Waals surface area contributed by atoms with Crippen LogP contribution in [0.2, 0.25) is 0 Å². The number of nitrogens with zero attached hydrogens (tertiary/aromatic N) is 4. The van der Waals surface area contributed by atoms with Crippen LogP contribution < -0.4 is 5.32 Å². The molecule has 6 nitrogen and oxygen atoms in total. The van der Waals surface area contributed by atoms with Crippen molar-refractivity contribution in [2.45, 2.75) is 44.2 Å². The van der Waals surface area contributed by atoms with Gasteiger partial charge in [0.15, 0.2) is 0 Å². The SMILES string of the molecule is O=C(N[C@H]1CCCc2cc(F)ccc21)N1CCC[C@@H](n2cncn2)C1. The van der Waals surface area contributed by atoms with Gasteiger partial charge in [0.1, 0.15) is 18.5 Å². The fraction of sp³-hybridized carbons (Fsp3) is 0.500. The first kappa shape index (κ1) is 16.1. The summed E-state index contributed by atoms with van der Waals surface area (Å²) in [5.41, 5.74) is 2.06. The zero-order valence-electron chi connectivity index (χ0n) is 14.1. The third-order valence-corrected chi connectivity index (χ3v) is 5.21. The van der Waals surface area contributed by atoms with E-state index in [4.69, 9.17) is 0 Å². The van der Waals surface area contributed by atoms with E-state index >= 15 is 0 Å². The molecule has 2 atom stereocenters. The number of benzene rings is 1. The fourth-order valence-electron chi connectivity index (χ4n) is 3.93. The number of fused-ring (bicyclic) bond motifs is 1. The molecule has 4 rings (SSSR count). The van der Waals surface area contributed by atoms with Crippen molar-refractivity contribution in [1.29, 1.82) is 0 Å². The van der Waals surface area contributed by atoms with Crippen LogP contribution in [0.15, 0.2) is 30.9 Å². The van der Waals surface area contributed by atoms with E-state index in [0.717, 1.165) is 49.8 Å². The lowest BCUT2D eigenvalue weighted by Gasteiger charge is -2.35. The summed E-state index contributed by atoms with van der Waals surface area (Å²) in [6, 6.07) is 4.97. The van der Waals surface area contributed by atoms with Gasteiger partial charge in [0.05, 0.1) is 12.1 Å². The lowest BCUT2D eigenvalue weighted by Crippen LogP contribution is -2.47. The Balaban J connectivity index is 1.44. The highest BCUT2D eigenvalue weighted by molar-refractivity contribution is 5.75. The van der Waals surface area contributed by atoms with E-state index in [2.05, 4.69) is 15.4 Å². The summed E-state index contributed by atoms with van der Waals surface area (Å²) in [5.74, 6) is -0.211. The first-order chi connectivity index (χ1) is 12.2. The number of piperidine rings is 1. The Labute approximate surface area is 146 Å². The Kier molecular flexibility index (Phi) is 4.38. The van der Waals surface area contributed by atoms with Crippen molar-refractivity contribution < 1.29 is 9.18 Å². The minimum atomic E-state index is -0.211. The maximum atomic E-state index is 13.4. The van der Waals surface area contributed by atoms with Gasteiger partial charge in [-0.2, -0.15) is 5.10 Å². The minimum Gasteiger partial charge on any atom is -0.331 e. The monoisotopic (exact) mass is 343 g/mol. The molecule has 132 valence electrons. The maximum absolute atomic E-state index is 13.4. The molecule has 2 amide bonds. The predicted molar refractivity (Wildman–Crippen MR) is 90.5 cm³/mol. The van der Waals surface area contributed by atoms with Gasteiger partial charge in [-0.05, 0) is 55.4 Å². The number of aromatic nitrogens is 3. The lowest BCUT2D eigenvalue weighted by molar-refractivity contribution is 0.159. The molecule has 0 unspecified atom stereocenters. The number of halogens is 1. The molecule has 0 spiro atoms. The van der Waals surface area contributed by atoms with Crippen molar-refractivity contribution in [3.8, 4) is 0 Å². The van der Waals surface area contributed by atoms with Gasteiger partial charge < -0.3 is 10.2 Å². The Hall–Kier alpha value is -2.44. The van der Waals surface area contributed by atoms with E-state index in [1.54, 1.807) is 12.4 Å². The highest BCUT2D eigenvalue weighted by Crippen LogP contribution is 2.30. The number of hydrogen-bond acceptors (Lipinski definition) is 3. The third-order valence-electron chi connectivity index (χ3n) is 5.21. The molecule has 1 saturated heterocycles. The summed E-state index contributed by atoms with van der Waals surface area (Å²) >= 11 is 0. The van der Waals surface area contributed by atoms with Crippen LogP contribution in [0.25, 0.3) is 0 Å². The number of aryl methyl sites for hydroxylation is 1. The van der Waals surface area contributed by atoms with Crippen LogP contribution in [0.1, 0.15) is 48.9 Å². The Morgan fingerprint density at radius 3 is 3.04 bits per heavy atom. The first-order valence-electron chi connectivity index (χ1n) is 8.88. The number of nitrogens with one attached hydrogen (secondary N) is 1. The molecule has 25 heavy (non-hydrogen) atoms. The molecule has 0 radical (unpaired) electrons. The normalized spacial score (nSPS) is 23.2. The van der Waals surface area contributed by atoms with Crippen molar-refractivity contribution in [2.75, 3.05) is 13.1 Å². The number of carbonyl (C=O) groups is 1. The number of urea groups is 1. The van der Waals surface area contributed by atoms with Gasteiger partial charge >= 0.3 is 6.03 Å². The van der Waals surface area contributed by atoms with Gasteiger partial charge in [0, 0.05) is 13.1 Å². The molecule has 2 heterocycles. The predicted octanol–water partition coefficient (Wildman–Crippen LogP) is 2.84. The van der Waals surface area contributed by atoms with Gasteiger partial charge in [0.25, 0.3) is 0 Å². The molecule has 1 fully saturated rings. The zero-order valence-corrected chi connectivity index (χ0v) is 14.1. The van der Waals surface area contributed by atoms with E-state index in [1.807, 2.05) is 15.6 Å². The van der Waals surface area contributed by atoms with Gasteiger partial charge in [-0.25, -0.2) is 18.9 Å². The Morgan fingerprint density at radius 2 is 2.20 bits per heavy atom. The van der Waals surface area contributed by atoms with Crippen LogP contribution >= 0.6 is 0 Å². The van der Waals surface area contributed by atoms with Crippen molar-refractivity contribution in [2.24, 2.45) is 0 Å². The number of likely N-dealkylation sites (tertiary alicyclic amines) is 1. The minimum absolute atomic E-state index is 0.0383. The highest BCUT2D eigenvalue weighted by Gasteiger charge is 2.28. The zero-order chi connectivity index (χ0) is 17.2. The van der Waals surface area contributed by atoms with E-state index < -0.39 is 0 Å². The quantitative estimate of drug-likeness (QED) is 0.912. The van der Waals surface area contributed by atoms with Crippen molar-refractivity contribution in [3.05, 3.63) is 47.8 Å². The second kappa shape index (κ2) is 6.82. The molecule has 1 aliphatic carbocycles. The average Bonchev–Trinajstić information content (AvgIpc) is 3.16. The molecule has 0 bridgehead atoms. The van der Waals surface area contributed by atoms with Gasteiger partial charge in [-0.15, -0.1) is 0 Å². The van der Waals surface area contributed by atoms with E-state index in [-0.39, 0.29) is 23.9 Å². The molecule has 1 aliphatic heterocycles. The standard InChI is InChI=1S/C18H22FN5O/c19-14-6-7-16-13(9-14)3-1-5-17(16)22-18(25)23-8-2-4-15(10-23)24-12-20-11-21-24/h6-7,9,11-12,15,17H,1-5,8,10H2,(H,22,25)/t15-,17+/m1/s1. The van der Waals surface area contributed by atoms with Crippen LogP contribution in [0.5, 0.6) is 0 Å². The van der Waals surface area contributed by atoms with Crippen LogP contribution in [0.3, 0.4) is 0 Å². The van der Waals surface area contributed by atoms with Gasteiger partial charge in [-0.3, -0.25) is 0 Å². The number of rotatable bonds is 2. The van der Waals surface area contributed by atoms with Crippen LogP contribution in [0, 0.1) is 5.82 Å². The summed E-state index contributed by atoms with van der Waals surface area (Å²) in [6.45, 7) is 1.39. The highest BCUT2D eigenvalue weighted by atomic mass is 19.1. The van der Waals surface area contributed by atoms with E-state index in [9.17, 15) is 9.18 Å². The van der Waals surface area contributed by atoms with Crippen LogP contribution in [0.4, 0.5) is 9.18 Å². The molecule has 1 N–H and O–H groups in total. The van der Waals surface area contributed by atoms with Crippen LogP contribution in [-0.4, -0.2) is 38.8 Å². The number of hydrogen-bond donors (Lipinski definition) is 1. The summed E-state index contributed by atoms with van der Waals surface area (Å²) in [7, 11) is 0. The number of amides is 2. The third kappa shape index (κ3) is 3.36. The summed E-state index contributed by atoms with van der Waals surface area (Å²) < 4.78 is 15.3. The van der Waals surface area contributed by atoms with Crippen molar-refractivity contribution in [3.63, 3.8) is 0 Å². The molecule has 1 aromatic carbocycles. The van der Waals surface area contributed by atoms with E-state index in [0.29, 0.717) is 6.54 Å². The molecular weight excluding hydrogens is 321 g/mol. The lowest BCUT2D eigenvalue weighted by atomic mass is 9.87. The average molecular weight is 343 g/mol. The van der Waals surface area contributed by atoms with Crippen molar-refractivity contribution >= 4 is 6.03 Å². The molecule has 1 aromatic heterocycles. The topological polar surface area (TPSA) is 63.1 Å². The molecule has 2 aliphatic rings. The van der Waals surface area contributed by atoms with Crippen LogP contribution in [-0.2, 0) is 6.42 Å². The summed E-state index contributed by atoms with van der Waals surface area (Å²) in [4.78, 5) is 18.6. The molecule has 0 saturated carbocycles. The Morgan fingerprint density at radius 1 is 1.28 bits per heavy atom. The number of carbonyl (C=O) groups excluding carboxylic acids is 1. The molecular formula is C18H22FN5O. The van der Waals surface area contributed by atoms with Gasteiger partial charge in [0.2, 0.25) is 0 Å². The Bertz CT molecular complexity index is 748. The van der Waals surface area contributed by atoms with Gasteiger partial charge in [-0.1, -0.05) is 6.07 Å². The molecule has 7 heteroatoms. The maximum Gasteiger partial charge on any atom is 0.317 e. The smallest absolute Gasteiger partial charge is 0.317 e. The largest absolute Gasteiger partial charge is 0.331 e. The molecule has 2 aromatic rings. The fourth-order valence-corrected chi connectivity index (χ4v) is 3.93. The second-order valence-corrected chi connectivity index (χ2v) is 6.86. The summed E-state index contributed by atoms with van der Waals surface area (Å²) in [5, 5.41) is 7.35. The second-order valence-electron chi connectivity index (χ2n) is 6.86. The van der Waals surface area contributed by atoms with E-state index in [1.165, 1.54) is 12.4 Å². The van der Waals surface area contributed by atoms with Crippen molar-refractivity contribution in [1.82, 2.24) is 25.0 Å². The summed E-state index contributed by atoms with van der Waals surface area (Å²) in [6.07, 6.45) is 7.91.